The number of hydrogen-bond donors (Lipinski definition) is 1. The van der Waals surface area contributed by atoms with E-state index in [2.05, 4.69) is 15.4 Å². The van der Waals surface area contributed by atoms with Crippen molar-refractivity contribution in [1.29, 1.82) is 0 Å². The summed E-state index contributed by atoms with van der Waals surface area (Å²) in [5.41, 5.74) is 0.544. The summed E-state index contributed by atoms with van der Waals surface area (Å²) >= 11 is 0. The minimum atomic E-state index is -4.51. The molecule has 1 N–H and O–H groups in total. The van der Waals surface area contributed by atoms with Crippen molar-refractivity contribution in [3.63, 3.8) is 0 Å². The molecule has 2 aliphatic rings. The van der Waals surface area contributed by atoms with Crippen molar-refractivity contribution in [3.05, 3.63) is 59.4 Å². The topological polar surface area (TPSA) is 89.3 Å². The molecule has 194 valence electrons. The number of nitrogens with one attached hydrogen (secondary N) is 1. The van der Waals surface area contributed by atoms with Gasteiger partial charge in [0.1, 0.15) is 12.8 Å². The van der Waals surface area contributed by atoms with E-state index in [1.807, 2.05) is 0 Å². The summed E-state index contributed by atoms with van der Waals surface area (Å²) in [6.45, 7) is 1.67. The minimum absolute atomic E-state index is 0.0517. The Kier molecular flexibility index (Phi) is 6.44. The number of rotatable bonds is 4. The highest BCUT2D eigenvalue weighted by atomic mass is 19.4. The van der Waals surface area contributed by atoms with Gasteiger partial charge >= 0.3 is 6.18 Å². The van der Waals surface area contributed by atoms with Crippen LogP contribution in [0, 0.1) is 12.9 Å². The van der Waals surface area contributed by atoms with Gasteiger partial charge in [-0.25, -0.2) is 9.67 Å². The van der Waals surface area contributed by atoms with Gasteiger partial charge < -0.3 is 15.0 Å². The van der Waals surface area contributed by atoms with E-state index in [9.17, 15) is 22.8 Å². The van der Waals surface area contributed by atoms with Gasteiger partial charge in [0, 0.05) is 29.7 Å². The first-order valence-electron chi connectivity index (χ1n) is 11.7. The van der Waals surface area contributed by atoms with Crippen LogP contribution in [0.2, 0.25) is 0 Å². The molecule has 5 rings (SSSR count). The van der Waals surface area contributed by atoms with E-state index in [0.29, 0.717) is 23.6 Å². The summed E-state index contributed by atoms with van der Waals surface area (Å²) in [5, 5.41) is 7.00. The summed E-state index contributed by atoms with van der Waals surface area (Å²) in [4.78, 5) is 31.2. The van der Waals surface area contributed by atoms with Crippen LogP contribution in [0.5, 0.6) is 0 Å². The van der Waals surface area contributed by atoms with Gasteiger partial charge in [-0.05, 0) is 56.5 Å². The van der Waals surface area contributed by atoms with E-state index < -0.39 is 36.0 Å². The zero-order chi connectivity index (χ0) is 26.3. The van der Waals surface area contributed by atoms with Crippen LogP contribution in [-0.4, -0.2) is 39.7 Å². The zero-order valence-corrected chi connectivity index (χ0v) is 19.8. The van der Waals surface area contributed by atoms with Gasteiger partial charge in [0.05, 0.1) is 28.9 Å². The van der Waals surface area contributed by atoms with E-state index >= 15 is 4.39 Å². The molecule has 0 aliphatic carbocycles. The van der Waals surface area contributed by atoms with Gasteiger partial charge in [0.15, 0.2) is 0 Å². The van der Waals surface area contributed by atoms with Crippen molar-refractivity contribution in [2.24, 2.45) is 0 Å². The number of carbonyl (C=O) groups excluding carboxylic acids is 2. The third-order valence-electron chi connectivity index (χ3n) is 6.32. The average Bonchev–Trinajstić information content (AvgIpc) is 3.21. The molecule has 4 heterocycles. The fourth-order valence-electron chi connectivity index (χ4n) is 4.56. The van der Waals surface area contributed by atoms with Crippen molar-refractivity contribution in [2.45, 2.75) is 45.0 Å². The smallest absolute Gasteiger partial charge is 0.357 e. The second-order valence-corrected chi connectivity index (χ2v) is 9.02. The number of aromatic nitrogens is 3. The number of nitrogens with zero attached hydrogens (tertiary/aromatic N) is 4. The lowest BCUT2D eigenvalue weighted by atomic mass is 10.1. The van der Waals surface area contributed by atoms with Crippen LogP contribution in [0.1, 0.15) is 42.4 Å². The predicted molar refractivity (Wildman–Crippen MR) is 125 cm³/mol. The minimum Gasteiger partial charge on any atom is -0.357 e. The van der Waals surface area contributed by atoms with Crippen LogP contribution in [-0.2, 0) is 26.9 Å². The third kappa shape index (κ3) is 5.06. The van der Waals surface area contributed by atoms with E-state index in [1.54, 1.807) is 17.8 Å². The number of carbonyl (C=O) groups is 2. The number of benzene rings is 1. The molecule has 0 spiro atoms. The fourth-order valence-corrected chi connectivity index (χ4v) is 4.56. The molecular formula is C25H23F4N5O3. The highest BCUT2D eigenvalue weighted by Gasteiger charge is 2.34. The lowest BCUT2D eigenvalue weighted by Crippen LogP contribution is -2.39. The molecule has 0 bridgehead atoms. The Bertz CT molecular complexity index is 1350. The number of pyridine rings is 1. The monoisotopic (exact) mass is 517 g/mol. The van der Waals surface area contributed by atoms with Crippen LogP contribution in [0.3, 0.4) is 0 Å². The van der Waals surface area contributed by atoms with Crippen LogP contribution in [0.15, 0.2) is 36.5 Å². The molecule has 8 nitrogen and oxygen atoms in total. The number of fused-ring (bicyclic) bond motifs is 3. The quantitative estimate of drug-likeness (QED) is 0.403. The summed E-state index contributed by atoms with van der Waals surface area (Å²) < 4.78 is 61.1. The highest BCUT2D eigenvalue weighted by molar-refractivity contribution is 6.07. The molecule has 1 unspecified atom stereocenters. The summed E-state index contributed by atoms with van der Waals surface area (Å²) in [5.74, 6) is -1.94. The van der Waals surface area contributed by atoms with Crippen LogP contribution in [0.4, 0.5) is 28.9 Å². The third-order valence-corrected chi connectivity index (χ3v) is 6.32. The van der Waals surface area contributed by atoms with Gasteiger partial charge in [0.2, 0.25) is 17.8 Å². The summed E-state index contributed by atoms with van der Waals surface area (Å²) in [6, 6.07) is 5.46. The van der Waals surface area contributed by atoms with Crippen molar-refractivity contribution in [3.8, 4) is 11.1 Å². The Balaban J connectivity index is 1.44. The zero-order valence-electron chi connectivity index (χ0n) is 19.8. The Morgan fingerprint density at radius 3 is 2.65 bits per heavy atom. The van der Waals surface area contributed by atoms with Crippen LogP contribution < -0.4 is 10.2 Å². The lowest BCUT2D eigenvalue weighted by Gasteiger charge is -2.24. The normalized spacial score (nSPS) is 17.7. The molecule has 1 aromatic carbocycles. The number of ether oxygens (including phenoxy) is 1. The van der Waals surface area contributed by atoms with Crippen LogP contribution in [0.25, 0.3) is 11.1 Å². The van der Waals surface area contributed by atoms with Crippen molar-refractivity contribution in [1.82, 2.24) is 14.8 Å². The Hall–Kier alpha value is -3.80. The van der Waals surface area contributed by atoms with Crippen molar-refractivity contribution >= 4 is 23.2 Å². The molecule has 3 aromatic rings. The first-order chi connectivity index (χ1) is 17.6. The molecule has 1 saturated heterocycles. The average molecular weight is 517 g/mol. The Labute approximate surface area is 209 Å². The predicted octanol–water partition coefficient (Wildman–Crippen LogP) is 4.64. The number of anilines is 2. The maximum absolute atomic E-state index is 15.3. The first-order valence-corrected chi connectivity index (χ1v) is 11.7. The molecule has 0 saturated carbocycles. The van der Waals surface area contributed by atoms with Crippen molar-refractivity contribution < 1.29 is 31.9 Å². The molecule has 1 atom stereocenters. The molecule has 12 heteroatoms. The van der Waals surface area contributed by atoms with E-state index in [0.717, 1.165) is 48.4 Å². The molecule has 1 fully saturated rings. The van der Waals surface area contributed by atoms with E-state index in [1.165, 1.54) is 6.07 Å². The Morgan fingerprint density at radius 1 is 1.22 bits per heavy atom. The highest BCUT2D eigenvalue weighted by Crippen LogP contribution is 2.39. The number of halogens is 4. The number of alkyl halides is 3. The number of amides is 2. The second-order valence-electron chi connectivity index (χ2n) is 9.02. The van der Waals surface area contributed by atoms with Crippen molar-refractivity contribution in [2.75, 3.05) is 23.4 Å². The van der Waals surface area contributed by atoms with E-state index in [4.69, 9.17) is 4.74 Å². The molecule has 37 heavy (non-hydrogen) atoms. The fraction of sp³-hybridized carbons (Fsp3) is 0.360. The van der Waals surface area contributed by atoms with E-state index in [-0.39, 0.29) is 29.6 Å². The molecule has 2 aromatic heterocycles. The largest absolute Gasteiger partial charge is 0.416 e. The Morgan fingerprint density at radius 2 is 1.97 bits per heavy atom. The number of aryl methyl sites for hydroxylation is 1. The first kappa shape index (κ1) is 24.9. The van der Waals surface area contributed by atoms with Gasteiger partial charge in [-0.2, -0.15) is 22.7 Å². The molecular weight excluding hydrogens is 494 g/mol. The summed E-state index contributed by atoms with van der Waals surface area (Å²) in [6.07, 6.45) is -0.714. The second kappa shape index (κ2) is 9.58. The maximum Gasteiger partial charge on any atom is 0.416 e. The van der Waals surface area contributed by atoms with Crippen LogP contribution >= 0.6 is 0 Å². The van der Waals surface area contributed by atoms with Gasteiger partial charge in [-0.3, -0.25) is 9.59 Å². The standard InChI is InChI=1S/C25H23F4N5O3/c1-14-10-19-23(24(26)30-14)17-12-34(22-4-2-3-9-37-22)32-18(17)11-21(36)33(19)13-20(35)31-16-7-5-15(6-8-16)25(27,28)29/h5-8,10,12,22H,2-4,9,11,13H2,1H3,(H,31,35). The van der Waals surface area contributed by atoms with Gasteiger partial charge in [-0.15, -0.1) is 0 Å². The van der Waals surface area contributed by atoms with Gasteiger partial charge in [-0.1, -0.05) is 0 Å². The molecule has 0 radical (unpaired) electrons. The molecule has 2 aliphatic heterocycles. The maximum atomic E-state index is 15.3. The van der Waals surface area contributed by atoms with Gasteiger partial charge in [0.25, 0.3) is 0 Å². The summed E-state index contributed by atoms with van der Waals surface area (Å²) in [7, 11) is 0. The lowest BCUT2D eigenvalue weighted by molar-refractivity contribution is -0.137. The SMILES string of the molecule is Cc1cc2c(c(F)n1)-c1cn(C3CCCCO3)nc1CC(=O)N2CC(=O)Nc1ccc(C(F)(F)F)cc1. The molecule has 2 amide bonds. The number of hydrogen-bond acceptors (Lipinski definition) is 5.